The van der Waals surface area contributed by atoms with E-state index in [9.17, 15) is 14.4 Å². The van der Waals surface area contributed by atoms with Crippen molar-refractivity contribution in [3.63, 3.8) is 0 Å². The highest BCUT2D eigenvalue weighted by Crippen LogP contribution is 2.26. The summed E-state index contributed by atoms with van der Waals surface area (Å²) in [6.45, 7) is 0.275. The molecular formula is C25H22N2O4. The number of rotatable bonds is 7. The van der Waals surface area contributed by atoms with Crippen LogP contribution in [0.1, 0.15) is 31.8 Å². The maximum absolute atomic E-state index is 13.2. The summed E-state index contributed by atoms with van der Waals surface area (Å²) in [6, 6.07) is 22.4. The first kappa shape index (κ1) is 20.3. The molecule has 3 amide bonds. The normalized spacial score (nSPS) is 13.6. The Kier molecular flexibility index (Phi) is 5.80. The van der Waals surface area contributed by atoms with Gasteiger partial charge in [-0.2, -0.15) is 0 Å². The van der Waals surface area contributed by atoms with E-state index in [1.807, 2.05) is 54.6 Å². The van der Waals surface area contributed by atoms with E-state index in [2.05, 4.69) is 5.32 Å². The lowest BCUT2D eigenvalue weighted by Gasteiger charge is -2.25. The lowest BCUT2D eigenvalue weighted by Crippen LogP contribution is -2.50. The molecule has 0 saturated heterocycles. The van der Waals surface area contributed by atoms with Gasteiger partial charge in [0, 0.05) is 13.0 Å². The molecule has 0 radical (unpaired) electrons. The molecule has 1 N–H and O–H groups in total. The minimum atomic E-state index is -0.951. The first-order valence-corrected chi connectivity index (χ1v) is 10.00. The molecule has 4 rings (SSSR count). The lowest BCUT2D eigenvalue weighted by atomic mass is 10.0. The second-order valence-electron chi connectivity index (χ2n) is 7.30. The first-order valence-electron chi connectivity index (χ1n) is 10.00. The molecule has 0 fully saturated rings. The molecule has 0 spiro atoms. The number of benzene rings is 3. The molecule has 0 bridgehead atoms. The van der Waals surface area contributed by atoms with Crippen LogP contribution >= 0.6 is 0 Å². The summed E-state index contributed by atoms with van der Waals surface area (Å²) in [4.78, 5) is 40.3. The van der Waals surface area contributed by atoms with Crippen LogP contribution in [0.25, 0.3) is 0 Å². The number of methoxy groups -OCH3 is 1. The Balaban J connectivity index is 1.57. The molecule has 3 aromatic carbocycles. The largest absolute Gasteiger partial charge is 0.497 e. The van der Waals surface area contributed by atoms with Crippen LogP contribution in [0, 0.1) is 0 Å². The van der Waals surface area contributed by atoms with E-state index in [0.29, 0.717) is 11.1 Å². The van der Waals surface area contributed by atoms with Crippen molar-refractivity contribution in [2.75, 3.05) is 7.11 Å². The van der Waals surface area contributed by atoms with Crippen LogP contribution in [0.3, 0.4) is 0 Å². The molecule has 1 aliphatic rings. The van der Waals surface area contributed by atoms with Gasteiger partial charge in [-0.1, -0.05) is 54.6 Å². The Hall–Kier alpha value is -3.93. The summed E-state index contributed by atoms with van der Waals surface area (Å²) >= 11 is 0. The number of nitrogens with zero attached hydrogens (tertiary/aromatic N) is 1. The minimum Gasteiger partial charge on any atom is -0.497 e. The average molecular weight is 414 g/mol. The highest BCUT2D eigenvalue weighted by atomic mass is 16.5. The molecule has 6 nitrogen and oxygen atoms in total. The third-order valence-electron chi connectivity index (χ3n) is 5.34. The third-order valence-corrected chi connectivity index (χ3v) is 5.34. The van der Waals surface area contributed by atoms with Crippen molar-refractivity contribution in [3.05, 3.63) is 101 Å². The van der Waals surface area contributed by atoms with Crippen LogP contribution < -0.4 is 10.1 Å². The second kappa shape index (κ2) is 8.83. The van der Waals surface area contributed by atoms with Crippen molar-refractivity contribution in [2.24, 2.45) is 0 Å². The number of nitrogens with one attached hydrogen (secondary N) is 1. The fourth-order valence-electron chi connectivity index (χ4n) is 3.68. The van der Waals surface area contributed by atoms with Crippen molar-refractivity contribution in [2.45, 2.75) is 19.0 Å². The zero-order chi connectivity index (χ0) is 21.8. The maximum atomic E-state index is 13.2. The smallest absolute Gasteiger partial charge is 0.262 e. The fourth-order valence-corrected chi connectivity index (χ4v) is 3.68. The number of carbonyl (C=O) groups is 3. The highest BCUT2D eigenvalue weighted by Gasteiger charge is 2.42. The molecular weight excluding hydrogens is 392 g/mol. The number of fused-ring (bicyclic) bond motifs is 1. The van der Waals surface area contributed by atoms with E-state index >= 15 is 0 Å². The molecule has 0 aromatic heterocycles. The summed E-state index contributed by atoms with van der Waals surface area (Å²) in [5.41, 5.74) is 2.40. The van der Waals surface area contributed by atoms with E-state index in [0.717, 1.165) is 21.8 Å². The maximum Gasteiger partial charge on any atom is 0.262 e. The topological polar surface area (TPSA) is 75.7 Å². The molecule has 0 aliphatic carbocycles. The quantitative estimate of drug-likeness (QED) is 0.603. The Labute approximate surface area is 180 Å². The lowest BCUT2D eigenvalue weighted by molar-refractivity contribution is -0.125. The third kappa shape index (κ3) is 4.19. The van der Waals surface area contributed by atoms with Gasteiger partial charge in [0.15, 0.2) is 0 Å². The highest BCUT2D eigenvalue weighted by molar-refractivity contribution is 6.22. The van der Waals surface area contributed by atoms with E-state index in [4.69, 9.17) is 4.74 Å². The van der Waals surface area contributed by atoms with Crippen LogP contribution in [-0.2, 0) is 17.8 Å². The van der Waals surface area contributed by atoms with Gasteiger partial charge in [0.2, 0.25) is 5.91 Å². The number of amides is 3. The molecule has 1 atom stereocenters. The van der Waals surface area contributed by atoms with Crippen LogP contribution in [-0.4, -0.2) is 35.8 Å². The van der Waals surface area contributed by atoms with E-state index < -0.39 is 17.9 Å². The van der Waals surface area contributed by atoms with Crippen LogP contribution in [0.4, 0.5) is 0 Å². The number of hydrogen-bond acceptors (Lipinski definition) is 4. The molecule has 1 aliphatic heterocycles. The van der Waals surface area contributed by atoms with Crippen LogP contribution in [0.5, 0.6) is 5.75 Å². The van der Waals surface area contributed by atoms with Gasteiger partial charge in [0.05, 0.1) is 18.2 Å². The number of hydrogen-bond donors (Lipinski definition) is 1. The number of imide groups is 1. The van der Waals surface area contributed by atoms with Crippen molar-refractivity contribution < 1.29 is 19.1 Å². The monoisotopic (exact) mass is 414 g/mol. The SMILES string of the molecule is COc1ccc(CNC(=O)[C@H](Cc2ccccc2)N2C(=O)c3ccccc3C2=O)cc1. The van der Waals surface area contributed by atoms with Gasteiger partial charge in [0.25, 0.3) is 11.8 Å². The van der Waals surface area contributed by atoms with Crippen molar-refractivity contribution in [1.29, 1.82) is 0 Å². The summed E-state index contributed by atoms with van der Waals surface area (Å²) in [7, 11) is 1.59. The van der Waals surface area contributed by atoms with E-state index in [1.54, 1.807) is 31.4 Å². The minimum absolute atomic E-state index is 0.237. The van der Waals surface area contributed by atoms with Crippen molar-refractivity contribution in [3.8, 4) is 5.75 Å². The fraction of sp³-hybridized carbons (Fsp3) is 0.160. The summed E-state index contributed by atoms with van der Waals surface area (Å²) in [6.07, 6.45) is 0.237. The van der Waals surface area contributed by atoms with E-state index in [-0.39, 0.29) is 18.9 Å². The van der Waals surface area contributed by atoms with Gasteiger partial charge in [-0.05, 0) is 35.4 Å². The summed E-state index contributed by atoms with van der Waals surface area (Å²) in [5.74, 6) is -0.542. The van der Waals surface area contributed by atoms with Crippen LogP contribution in [0.15, 0.2) is 78.9 Å². The van der Waals surface area contributed by atoms with Gasteiger partial charge in [-0.25, -0.2) is 0 Å². The average Bonchev–Trinajstić information content (AvgIpc) is 3.07. The Morgan fingerprint density at radius 2 is 1.42 bits per heavy atom. The Morgan fingerprint density at radius 1 is 0.839 bits per heavy atom. The van der Waals surface area contributed by atoms with Gasteiger partial charge in [0.1, 0.15) is 11.8 Å². The van der Waals surface area contributed by atoms with Gasteiger partial charge >= 0.3 is 0 Å². The Bertz CT molecular complexity index is 1070. The number of ether oxygens (including phenoxy) is 1. The van der Waals surface area contributed by atoms with Gasteiger partial charge in [-0.3, -0.25) is 19.3 Å². The molecule has 3 aromatic rings. The molecule has 0 unspecified atom stereocenters. The zero-order valence-electron chi connectivity index (χ0n) is 17.1. The van der Waals surface area contributed by atoms with Crippen molar-refractivity contribution in [1.82, 2.24) is 10.2 Å². The second-order valence-corrected chi connectivity index (χ2v) is 7.30. The zero-order valence-corrected chi connectivity index (χ0v) is 17.1. The summed E-state index contributed by atoms with van der Waals surface area (Å²) in [5, 5.41) is 2.88. The standard InChI is InChI=1S/C25H22N2O4/c1-31-19-13-11-18(12-14-19)16-26-23(28)22(15-17-7-3-2-4-8-17)27-24(29)20-9-5-6-10-21(20)25(27)30/h2-14,22H,15-16H2,1H3,(H,26,28)/t22-/m0/s1. The van der Waals surface area contributed by atoms with Crippen molar-refractivity contribution >= 4 is 17.7 Å². The van der Waals surface area contributed by atoms with Gasteiger partial charge in [-0.15, -0.1) is 0 Å². The van der Waals surface area contributed by atoms with Crippen LogP contribution in [0.2, 0.25) is 0 Å². The number of carbonyl (C=O) groups excluding carboxylic acids is 3. The predicted octanol–water partition coefficient (Wildman–Crippen LogP) is 3.22. The molecule has 0 saturated carbocycles. The molecule has 156 valence electrons. The predicted molar refractivity (Wildman–Crippen MR) is 116 cm³/mol. The van der Waals surface area contributed by atoms with E-state index in [1.165, 1.54) is 0 Å². The molecule has 1 heterocycles. The Morgan fingerprint density at radius 3 is 2.00 bits per heavy atom. The summed E-state index contributed by atoms with van der Waals surface area (Å²) < 4.78 is 5.15. The molecule has 31 heavy (non-hydrogen) atoms. The molecule has 6 heteroatoms. The van der Waals surface area contributed by atoms with Gasteiger partial charge < -0.3 is 10.1 Å². The first-order chi connectivity index (χ1) is 15.1.